The van der Waals surface area contributed by atoms with E-state index in [-0.39, 0.29) is 6.42 Å². The van der Waals surface area contributed by atoms with Crippen LogP contribution in [0.4, 0.5) is 0 Å². The van der Waals surface area contributed by atoms with Crippen molar-refractivity contribution in [1.82, 2.24) is 15.0 Å². The summed E-state index contributed by atoms with van der Waals surface area (Å²) in [6.07, 6.45) is 4.70. The summed E-state index contributed by atoms with van der Waals surface area (Å²) in [5.74, 6) is 4.17. The van der Waals surface area contributed by atoms with Crippen molar-refractivity contribution in [2.45, 2.75) is 12.5 Å². The molecule has 0 aliphatic carbocycles. The van der Waals surface area contributed by atoms with Crippen molar-refractivity contribution in [3.8, 4) is 0 Å². The molecule has 122 valence electrons. The molecule has 1 amide bonds. The molecule has 0 aliphatic heterocycles. The second kappa shape index (κ2) is 6.51. The summed E-state index contributed by atoms with van der Waals surface area (Å²) in [4.78, 5) is 31.1. The summed E-state index contributed by atoms with van der Waals surface area (Å²) < 4.78 is 0. The highest BCUT2D eigenvalue weighted by molar-refractivity contribution is 5.92. The molecule has 7 nitrogen and oxygen atoms in total. The molecule has 0 bridgehead atoms. The Hall–Kier alpha value is -3.19. The van der Waals surface area contributed by atoms with Gasteiger partial charge >= 0.3 is 5.97 Å². The number of fused-ring (bicyclic) bond motifs is 1. The minimum atomic E-state index is -1.27. The highest BCUT2D eigenvalue weighted by Crippen LogP contribution is 2.27. The molecule has 1 aromatic carbocycles. The molecule has 0 radical (unpaired) electrons. The minimum Gasteiger partial charge on any atom is -0.479 e. The molecule has 3 aromatic rings. The van der Waals surface area contributed by atoms with Gasteiger partial charge in [-0.25, -0.2) is 10.6 Å². The number of aliphatic carboxylic acids is 1. The number of nitrogens with zero attached hydrogens (tertiary/aromatic N) is 2. The number of carboxylic acids is 1. The first kappa shape index (κ1) is 15.7. The number of aromatic amines is 1. The van der Waals surface area contributed by atoms with Crippen molar-refractivity contribution in [3.63, 3.8) is 0 Å². The number of amides is 1. The molecule has 4 N–H and O–H groups in total. The Morgan fingerprint density at radius 3 is 2.75 bits per heavy atom. The number of hydrazine groups is 1. The third-order valence-corrected chi connectivity index (χ3v) is 3.79. The van der Waals surface area contributed by atoms with Gasteiger partial charge in [0, 0.05) is 35.1 Å². The molecule has 24 heavy (non-hydrogen) atoms. The van der Waals surface area contributed by atoms with Gasteiger partial charge in [-0.05, 0) is 17.7 Å². The topological polar surface area (TPSA) is 112 Å². The number of pyridine rings is 1. The number of para-hydroxylation sites is 1. The largest absolute Gasteiger partial charge is 0.479 e. The van der Waals surface area contributed by atoms with E-state index in [9.17, 15) is 14.7 Å². The lowest BCUT2D eigenvalue weighted by atomic mass is 10.0. The van der Waals surface area contributed by atoms with Crippen LogP contribution < -0.4 is 5.84 Å². The van der Waals surface area contributed by atoms with Gasteiger partial charge in [0.05, 0.1) is 6.42 Å². The average Bonchev–Trinajstić information content (AvgIpc) is 2.99. The van der Waals surface area contributed by atoms with Gasteiger partial charge in [0.1, 0.15) is 0 Å². The Kier molecular flexibility index (Phi) is 4.26. The van der Waals surface area contributed by atoms with Crippen LogP contribution in [0.3, 0.4) is 0 Å². The van der Waals surface area contributed by atoms with E-state index in [0.717, 1.165) is 15.9 Å². The highest BCUT2D eigenvalue weighted by atomic mass is 16.4. The number of benzene rings is 1. The zero-order valence-corrected chi connectivity index (χ0v) is 12.7. The molecule has 0 aliphatic rings. The van der Waals surface area contributed by atoms with Crippen LogP contribution in [0.2, 0.25) is 0 Å². The Labute approximate surface area is 137 Å². The maximum atomic E-state index is 12.4. The van der Waals surface area contributed by atoms with Crippen molar-refractivity contribution in [2.75, 3.05) is 0 Å². The first-order valence-corrected chi connectivity index (χ1v) is 7.32. The van der Waals surface area contributed by atoms with E-state index in [1.54, 1.807) is 42.9 Å². The minimum absolute atomic E-state index is 0.0174. The summed E-state index contributed by atoms with van der Waals surface area (Å²) in [6.45, 7) is 0. The van der Waals surface area contributed by atoms with Crippen molar-refractivity contribution < 1.29 is 14.7 Å². The van der Waals surface area contributed by atoms with Crippen LogP contribution in [0.1, 0.15) is 17.2 Å². The number of hydrogen-bond acceptors (Lipinski definition) is 4. The Bertz CT molecular complexity index is 876. The van der Waals surface area contributed by atoms with Gasteiger partial charge in [0.25, 0.3) is 0 Å². The molecule has 0 saturated carbocycles. The van der Waals surface area contributed by atoms with Crippen molar-refractivity contribution in [3.05, 3.63) is 66.1 Å². The second-order valence-corrected chi connectivity index (χ2v) is 5.37. The fraction of sp³-hybridized carbons (Fsp3) is 0.118. The van der Waals surface area contributed by atoms with E-state index in [1.165, 1.54) is 0 Å². The normalized spacial score (nSPS) is 12.0. The van der Waals surface area contributed by atoms with Crippen molar-refractivity contribution >= 4 is 22.8 Å². The molecule has 0 spiro atoms. The van der Waals surface area contributed by atoms with E-state index in [2.05, 4.69) is 9.97 Å². The van der Waals surface area contributed by atoms with Crippen molar-refractivity contribution in [2.24, 2.45) is 5.84 Å². The lowest BCUT2D eigenvalue weighted by Gasteiger charge is -2.24. The fourth-order valence-corrected chi connectivity index (χ4v) is 2.63. The third-order valence-electron chi connectivity index (χ3n) is 3.79. The number of H-pyrrole nitrogens is 1. The number of aromatic nitrogens is 2. The number of rotatable bonds is 5. The van der Waals surface area contributed by atoms with Gasteiger partial charge in [-0.3, -0.25) is 14.8 Å². The van der Waals surface area contributed by atoms with Crippen LogP contribution in [0.15, 0.2) is 55.0 Å². The van der Waals surface area contributed by atoms with Gasteiger partial charge < -0.3 is 10.1 Å². The number of hydrogen-bond donors (Lipinski definition) is 3. The molecule has 2 heterocycles. The first-order valence-electron chi connectivity index (χ1n) is 7.32. The summed E-state index contributed by atoms with van der Waals surface area (Å²) in [5, 5.41) is 11.1. The third kappa shape index (κ3) is 2.97. The SMILES string of the molecule is NN(C(=O)Cc1cccnc1)C(C(=O)O)c1c[nH]c2ccccc12. The molecule has 2 aromatic heterocycles. The molecule has 0 fully saturated rings. The Balaban J connectivity index is 1.90. The number of nitrogens with one attached hydrogen (secondary N) is 1. The van der Waals surface area contributed by atoms with Crippen molar-refractivity contribution in [1.29, 1.82) is 0 Å². The zero-order chi connectivity index (χ0) is 17.1. The number of carbonyl (C=O) groups is 2. The smallest absolute Gasteiger partial charge is 0.332 e. The maximum Gasteiger partial charge on any atom is 0.332 e. The second-order valence-electron chi connectivity index (χ2n) is 5.37. The standard InChI is InChI=1S/C17H16N4O3/c18-21(15(22)8-11-4-3-7-19-9-11)16(17(23)24)13-10-20-14-6-2-1-5-12(13)14/h1-7,9-10,16,20H,8,18H2,(H,23,24). The number of carboxylic acid groups (broad SMARTS) is 1. The molecular weight excluding hydrogens is 308 g/mol. The van der Waals surface area contributed by atoms with E-state index in [0.29, 0.717) is 11.1 Å². The van der Waals surface area contributed by atoms with Crippen LogP contribution in [0.25, 0.3) is 10.9 Å². The molecular formula is C17H16N4O3. The van der Waals surface area contributed by atoms with Crippen LogP contribution >= 0.6 is 0 Å². The average molecular weight is 324 g/mol. The monoisotopic (exact) mass is 324 g/mol. The number of nitrogens with two attached hydrogens (primary N) is 1. The van der Waals surface area contributed by atoms with E-state index in [4.69, 9.17) is 5.84 Å². The van der Waals surface area contributed by atoms with Gasteiger partial charge in [0.15, 0.2) is 6.04 Å². The lowest BCUT2D eigenvalue weighted by Crippen LogP contribution is -2.44. The van der Waals surface area contributed by atoms with Gasteiger partial charge in [0.2, 0.25) is 5.91 Å². The zero-order valence-electron chi connectivity index (χ0n) is 12.7. The van der Waals surface area contributed by atoms with Gasteiger partial charge in [-0.15, -0.1) is 0 Å². The summed E-state index contributed by atoms with van der Waals surface area (Å²) in [6, 6.07) is 9.43. The van der Waals surface area contributed by atoms with Crippen LogP contribution in [0, 0.1) is 0 Å². The van der Waals surface area contributed by atoms with Gasteiger partial charge in [-0.2, -0.15) is 0 Å². The highest BCUT2D eigenvalue weighted by Gasteiger charge is 2.31. The van der Waals surface area contributed by atoms with Gasteiger partial charge in [-0.1, -0.05) is 24.3 Å². The Morgan fingerprint density at radius 2 is 2.04 bits per heavy atom. The number of carbonyl (C=O) groups excluding carboxylic acids is 1. The lowest BCUT2D eigenvalue weighted by molar-refractivity contribution is -0.150. The summed E-state index contributed by atoms with van der Waals surface area (Å²) in [7, 11) is 0. The van der Waals surface area contributed by atoms with Crippen LogP contribution in [0.5, 0.6) is 0 Å². The molecule has 1 atom stereocenters. The fourth-order valence-electron chi connectivity index (χ4n) is 2.63. The Morgan fingerprint density at radius 1 is 1.25 bits per heavy atom. The quantitative estimate of drug-likeness (QED) is 0.375. The molecule has 0 saturated heterocycles. The van der Waals surface area contributed by atoms with E-state index >= 15 is 0 Å². The van der Waals surface area contributed by atoms with E-state index in [1.807, 2.05) is 12.1 Å². The maximum absolute atomic E-state index is 12.4. The molecule has 3 rings (SSSR count). The van der Waals surface area contributed by atoms with E-state index < -0.39 is 17.9 Å². The van der Waals surface area contributed by atoms with Crippen LogP contribution in [-0.2, 0) is 16.0 Å². The van der Waals surface area contributed by atoms with Crippen LogP contribution in [-0.4, -0.2) is 32.0 Å². The first-order chi connectivity index (χ1) is 11.6. The summed E-state index contributed by atoms with van der Waals surface area (Å²) in [5.41, 5.74) is 1.90. The molecule has 7 heteroatoms. The predicted molar refractivity (Wildman–Crippen MR) is 87.6 cm³/mol. The molecule has 1 unspecified atom stereocenters. The predicted octanol–water partition coefficient (Wildman–Crippen LogP) is 1.63. The summed E-state index contributed by atoms with van der Waals surface area (Å²) >= 11 is 0.